The minimum absolute atomic E-state index is 0.119. The van der Waals surface area contributed by atoms with Crippen LogP contribution in [0.3, 0.4) is 0 Å². The molecular formula is C19H27N2O3+. The Bertz CT molecular complexity index is 606. The van der Waals surface area contributed by atoms with Gasteiger partial charge in [0.15, 0.2) is 0 Å². The molecule has 1 aromatic carbocycles. The summed E-state index contributed by atoms with van der Waals surface area (Å²) in [5.41, 5.74) is 1.06. The third kappa shape index (κ3) is 3.46. The van der Waals surface area contributed by atoms with Gasteiger partial charge in [-0.05, 0) is 49.8 Å². The average molecular weight is 331 g/mol. The van der Waals surface area contributed by atoms with Gasteiger partial charge in [0.2, 0.25) is 6.23 Å². The van der Waals surface area contributed by atoms with Gasteiger partial charge in [-0.2, -0.15) is 0 Å². The Morgan fingerprint density at radius 3 is 2.46 bits per heavy atom. The quantitative estimate of drug-likeness (QED) is 0.681. The first-order valence-corrected chi connectivity index (χ1v) is 9.08. The molecule has 0 saturated carbocycles. The highest BCUT2D eigenvalue weighted by molar-refractivity contribution is 5.62. The molecule has 1 fully saturated rings. The van der Waals surface area contributed by atoms with Crippen LogP contribution in [-0.4, -0.2) is 24.2 Å². The van der Waals surface area contributed by atoms with E-state index in [0.29, 0.717) is 11.8 Å². The first kappa shape index (κ1) is 17.0. The van der Waals surface area contributed by atoms with Crippen LogP contribution in [0.15, 0.2) is 30.3 Å². The number of hydrogen-bond donors (Lipinski definition) is 1. The predicted molar refractivity (Wildman–Crippen MR) is 93.4 cm³/mol. The molecule has 1 aromatic rings. The summed E-state index contributed by atoms with van der Waals surface area (Å²) in [6, 6.07) is 6.72. The van der Waals surface area contributed by atoms with Crippen LogP contribution in [0.25, 0.3) is 5.76 Å². The Morgan fingerprint density at radius 1 is 1.21 bits per heavy atom. The van der Waals surface area contributed by atoms with Gasteiger partial charge < -0.3 is 4.74 Å². The summed E-state index contributed by atoms with van der Waals surface area (Å²) in [7, 11) is 0. The number of hydrogen-bond acceptors (Lipinski definition) is 3. The lowest BCUT2D eigenvalue weighted by atomic mass is 9.85. The van der Waals surface area contributed by atoms with Crippen molar-refractivity contribution < 1.29 is 14.6 Å². The number of nitrogens with one attached hydrogen (secondary N) is 1. The van der Waals surface area contributed by atoms with Crippen LogP contribution in [-0.2, 0) is 4.74 Å². The van der Waals surface area contributed by atoms with Gasteiger partial charge in [-0.15, -0.1) is 0 Å². The monoisotopic (exact) mass is 331 g/mol. The van der Waals surface area contributed by atoms with Crippen molar-refractivity contribution in [3.8, 4) is 0 Å². The summed E-state index contributed by atoms with van der Waals surface area (Å²) in [6.07, 6.45) is 7.36. The second-order valence-corrected chi connectivity index (χ2v) is 7.02. The Balaban J connectivity index is 1.84. The maximum Gasteiger partial charge on any atom is 0.269 e. The zero-order chi connectivity index (χ0) is 17.1. The van der Waals surface area contributed by atoms with Gasteiger partial charge in [0.1, 0.15) is 5.76 Å². The van der Waals surface area contributed by atoms with Crippen molar-refractivity contribution in [1.29, 1.82) is 0 Å². The third-order valence-electron chi connectivity index (χ3n) is 5.50. The third-order valence-corrected chi connectivity index (χ3v) is 5.50. The number of nitro benzene ring substituents is 1. The summed E-state index contributed by atoms with van der Waals surface area (Å²) < 4.78 is 6.41. The fourth-order valence-corrected chi connectivity index (χ4v) is 4.00. The Labute approximate surface area is 143 Å². The molecule has 1 N–H and O–H groups in total. The number of non-ortho nitro benzene ring substituents is 1. The summed E-state index contributed by atoms with van der Waals surface area (Å²) >= 11 is 0. The van der Waals surface area contributed by atoms with Crippen LogP contribution in [0.4, 0.5) is 5.69 Å². The van der Waals surface area contributed by atoms with Crippen molar-refractivity contribution in [3.63, 3.8) is 0 Å². The number of nitro groups is 1. The van der Waals surface area contributed by atoms with Crippen molar-refractivity contribution in [2.24, 2.45) is 11.8 Å². The normalized spacial score (nSPS) is 28.1. The SMILES string of the molecule is CC[C@H]1C=C(c2ccc([N+](=O)[O-])cc2)O[C@H]([NH+]2CCCCC2)[C@H]1C. The molecule has 0 radical (unpaired) electrons. The molecule has 2 heterocycles. The number of quaternary nitrogens is 1. The highest BCUT2D eigenvalue weighted by atomic mass is 16.6. The van der Waals surface area contributed by atoms with Gasteiger partial charge in [0, 0.05) is 17.7 Å². The molecule has 24 heavy (non-hydrogen) atoms. The lowest BCUT2D eigenvalue weighted by Crippen LogP contribution is -3.17. The van der Waals surface area contributed by atoms with Crippen molar-refractivity contribution in [1.82, 2.24) is 0 Å². The van der Waals surface area contributed by atoms with E-state index >= 15 is 0 Å². The maximum atomic E-state index is 10.8. The van der Waals surface area contributed by atoms with Crippen LogP contribution in [0.1, 0.15) is 45.1 Å². The topological polar surface area (TPSA) is 56.8 Å². The van der Waals surface area contributed by atoms with Crippen LogP contribution >= 0.6 is 0 Å². The lowest BCUT2D eigenvalue weighted by Gasteiger charge is -2.40. The summed E-state index contributed by atoms with van der Waals surface area (Å²) in [6.45, 7) is 6.88. The molecule has 2 aliphatic rings. The number of rotatable bonds is 4. The molecule has 0 aromatic heterocycles. The standard InChI is InChI=1S/C19H26N2O3/c1-3-15-13-18(16-7-9-17(10-8-16)21(22)23)24-19(14(15)2)20-11-5-4-6-12-20/h7-10,13-15,19H,3-6,11-12H2,1-2H3/p+1/t14-,15-,19-/m0/s1. The Morgan fingerprint density at radius 2 is 1.88 bits per heavy atom. The molecule has 0 spiro atoms. The predicted octanol–water partition coefficient (Wildman–Crippen LogP) is 3.02. The molecular weight excluding hydrogens is 304 g/mol. The average Bonchev–Trinajstić information content (AvgIpc) is 2.62. The molecule has 0 amide bonds. The molecule has 5 heteroatoms. The first-order chi connectivity index (χ1) is 11.6. The van der Waals surface area contributed by atoms with E-state index in [2.05, 4.69) is 19.9 Å². The molecule has 5 nitrogen and oxygen atoms in total. The Hall–Kier alpha value is -1.88. The number of benzene rings is 1. The molecule has 3 atom stereocenters. The van der Waals surface area contributed by atoms with Gasteiger partial charge in [0.05, 0.1) is 23.9 Å². The fraction of sp³-hybridized carbons (Fsp3) is 0.579. The molecule has 3 rings (SSSR count). The van der Waals surface area contributed by atoms with Gasteiger partial charge in [0.25, 0.3) is 5.69 Å². The van der Waals surface area contributed by atoms with Gasteiger partial charge in [-0.25, -0.2) is 0 Å². The first-order valence-electron chi connectivity index (χ1n) is 9.08. The zero-order valence-corrected chi connectivity index (χ0v) is 14.5. The van der Waals surface area contributed by atoms with E-state index in [-0.39, 0.29) is 16.8 Å². The van der Waals surface area contributed by atoms with Crippen molar-refractivity contribution >= 4 is 11.4 Å². The summed E-state index contributed by atoms with van der Waals surface area (Å²) in [4.78, 5) is 12.0. The van der Waals surface area contributed by atoms with E-state index in [9.17, 15) is 10.1 Å². The van der Waals surface area contributed by atoms with Crippen molar-refractivity contribution in [2.75, 3.05) is 13.1 Å². The van der Waals surface area contributed by atoms with E-state index in [4.69, 9.17) is 4.74 Å². The number of piperidine rings is 1. The molecule has 1 saturated heterocycles. The van der Waals surface area contributed by atoms with E-state index in [1.807, 2.05) is 0 Å². The van der Waals surface area contributed by atoms with Crippen LogP contribution in [0.5, 0.6) is 0 Å². The van der Waals surface area contributed by atoms with Crippen LogP contribution < -0.4 is 4.90 Å². The van der Waals surface area contributed by atoms with E-state index in [0.717, 1.165) is 17.7 Å². The highest BCUT2D eigenvalue weighted by Gasteiger charge is 2.38. The van der Waals surface area contributed by atoms with E-state index in [1.54, 1.807) is 29.2 Å². The number of ether oxygens (including phenoxy) is 1. The summed E-state index contributed by atoms with van der Waals surface area (Å²) in [5, 5.41) is 10.8. The second kappa shape index (κ2) is 7.34. The molecule has 2 aliphatic heterocycles. The smallest absolute Gasteiger partial charge is 0.269 e. The number of likely N-dealkylation sites (tertiary alicyclic amines) is 1. The van der Waals surface area contributed by atoms with Crippen LogP contribution in [0.2, 0.25) is 0 Å². The minimum atomic E-state index is -0.364. The highest BCUT2D eigenvalue weighted by Crippen LogP contribution is 2.33. The molecule has 0 unspecified atom stereocenters. The number of allylic oxidation sites excluding steroid dienone is 1. The van der Waals surface area contributed by atoms with E-state index in [1.165, 1.54) is 32.4 Å². The van der Waals surface area contributed by atoms with Gasteiger partial charge in [-0.3, -0.25) is 15.0 Å². The van der Waals surface area contributed by atoms with Gasteiger partial charge in [-0.1, -0.05) is 13.8 Å². The molecule has 0 aliphatic carbocycles. The summed E-state index contributed by atoms with van der Waals surface area (Å²) in [5.74, 6) is 1.87. The molecule has 130 valence electrons. The lowest BCUT2D eigenvalue weighted by molar-refractivity contribution is -0.955. The van der Waals surface area contributed by atoms with Crippen LogP contribution in [0, 0.1) is 22.0 Å². The van der Waals surface area contributed by atoms with E-state index < -0.39 is 0 Å². The van der Waals surface area contributed by atoms with Crippen molar-refractivity contribution in [3.05, 3.63) is 46.0 Å². The zero-order valence-electron chi connectivity index (χ0n) is 14.5. The van der Waals surface area contributed by atoms with Crippen molar-refractivity contribution in [2.45, 2.75) is 45.8 Å². The largest absolute Gasteiger partial charge is 0.442 e. The van der Waals surface area contributed by atoms with Gasteiger partial charge >= 0.3 is 0 Å². The Kier molecular flexibility index (Phi) is 5.19. The minimum Gasteiger partial charge on any atom is -0.442 e. The number of nitrogens with zero attached hydrogens (tertiary/aromatic N) is 1. The fourth-order valence-electron chi connectivity index (χ4n) is 4.00. The molecule has 0 bridgehead atoms. The maximum absolute atomic E-state index is 10.8. The second-order valence-electron chi connectivity index (χ2n) is 7.02.